The summed E-state index contributed by atoms with van der Waals surface area (Å²) in [5.74, 6) is 1.64. The van der Waals surface area contributed by atoms with E-state index in [4.69, 9.17) is 4.98 Å². The fourth-order valence-electron chi connectivity index (χ4n) is 3.73. The first-order valence-electron chi connectivity index (χ1n) is 8.87. The van der Waals surface area contributed by atoms with E-state index < -0.39 is 0 Å². The minimum atomic E-state index is 0.457. The summed E-state index contributed by atoms with van der Waals surface area (Å²) in [5, 5.41) is 0. The predicted molar refractivity (Wildman–Crippen MR) is 98.7 cm³/mol. The number of hydrogen-bond donors (Lipinski definition) is 0. The van der Waals surface area contributed by atoms with Crippen LogP contribution in [0.25, 0.3) is 0 Å². The van der Waals surface area contributed by atoms with Crippen LogP contribution in [0.1, 0.15) is 35.7 Å². The third-order valence-corrected chi connectivity index (χ3v) is 4.97. The number of pyridine rings is 2. The zero-order valence-corrected chi connectivity index (χ0v) is 14.5. The van der Waals surface area contributed by atoms with E-state index in [0.29, 0.717) is 5.92 Å². The summed E-state index contributed by atoms with van der Waals surface area (Å²) >= 11 is 0. The van der Waals surface area contributed by atoms with Gasteiger partial charge in [-0.2, -0.15) is 0 Å². The number of imidazole rings is 1. The van der Waals surface area contributed by atoms with Crippen molar-refractivity contribution in [3.63, 3.8) is 0 Å². The van der Waals surface area contributed by atoms with Crippen molar-refractivity contribution in [2.24, 2.45) is 0 Å². The number of aromatic nitrogens is 4. The molecule has 1 saturated heterocycles. The van der Waals surface area contributed by atoms with E-state index in [0.717, 1.165) is 19.6 Å². The second-order valence-corrected chi connectivity index (χ2v) is 6.72. The van der Waals surface area contributed by atoms with Crippen LogP contribution >= 0.6 is 0 Å². The molecule has 0 unspecified atom stereocenters. The third-order valence-electron chi connectivity index (χ3n) is 4.97. The van der Waals surface area contributed by atoms with Gasteiger partial charge in [0.05, 0.1) is 0 Å². The lowest BCUT2D eigenvalue weighted by Gasteiger charge is -2.35. The minimum Gasteiger partial charge on any atom is -0.370 e. The maximum atomic E-state index is 4.69. The summed E-state index contributed by atoms with van der Waals surface area (Å²) in [6.07, 6.45) is 13.9. The van der Waals surface area contributed by atoms with Gasteiger partial charge in [0.1, 0.15) is 5.82 Å². The molecule has 4 heterocycles. The van der Waals surface area contributed by atoms with E-state index in [1.54, 1.807) is 0 Å². The van der Waals surface area contributed by atoms with Gasteiger partial charge in [0.2, 0.25) is 0 Å². The Hall–Kier alpha value is -2.69. The number of hydrogen-bond acceptors (Lipinski definition) is 4. The summed E-state index contributed by atoms with van der Waals surface area (Å²) in [6, 6.07) is 6.26. The van der Waals surface area contributed by atoms with Gasteiger partial charge in [-0.15, -0.1) is 0 Å². The molecule has 0 N–H and O–H groups in total. The van der Waals surface area contributed by atoms with E-state index in [2.05, 4.69) is 50.8 Å². The van der Waals surface area contributed by atoms with Gasteiger partial charge in [0, 0.05) is 68.4 Å². The molecule has 0 amide bonds. The Morgan fingerprint density at radius 3 is 2.76 bits per heavy atom. The fraction of sp³-hybridized carbons (Fsp3) is 0.350. The fourth-order valence-corrected chi connectivity index (χ4v) is 3.73. The first-order valence-corrected chi connectivity index (χ1v) is 8.87. The molecule has 3 aromatic heterocycles. The SMILES string of the molecule is Cc1cnccc1N1CCC[C@H](c2nccn2Cc2ccncc2)C1. The quantitative estimate of drug-likeness (QED) is 0.734. The maximum absolute atomic E-state index is 4.69. The standard InChI is InChI=1S/C20H23N5/c1-16-13-22-9-6-19(16)24-11-2-3-18(15-24)20-23-10-12-25(20)14-17-4-7-21-8-5-17/h4-10,12-13,18H,2-3,11,14-15H2,1H3/t18-/m0/s1. The van der Waals surface area contributed by atoms with Crippen LogP contribution in [0.4, 0.5) is 5.69 Å². The van der Waals surface area contributed by atoms with Crippen LogP contribution < -0.4 is 4.90 Å². The van der Waals surface area contributed by atoms with E-state index in [-0.39, 0.29) is 0 Å². The Bertz CT molecular complexity index is 827. The number of rotatable bonds is 4. The molecule has 0 aromatic carbocycles. The molecule has 1 aliphatic heterocycles. The predicted octanol–water partition coefficient (Wildman–Crippen LogP) is 3.41. The van der Waals surface area contributed by atoms with Gasteiger partial charge in [-0.1, -0.05) is 0 Å². The topological polar surface area (TPSA) is 46.8 Å². The maximum Gasteiger partial charge on any atom is 0.113 e. The molecule has 25 heavy (non-hydrogen) atoms. The molecular weight excluding hydrogens is 310 g/mol. The number of nitrogens with zero attached hydrogens (tertiary/aromatic N) is 5. The molecule has 4 rings (SSSR count). The lowest BCUT2D eigenvalue weighted by molar-refractivity contribution is 0.476. The van der Waals surface area contributed by atoms with Gasteiger partial charge < -0.3 is 9.47 Å². The molecule has 5 heteroatoms. The Morgan fingerprint density at radius 2 is 1.92 bits per heavy atom. The second kappa shape index (κ2) is 7.05. The van der Waals surface area contributed by atoms with Gasteiger partial charge in [-0.05, 0) is 49.1 Å². The molecule has 0 bridgehead atoms. The normalized spacial score (nSPS) is 17.6. The van der Waals surface area contributed by atoms with E-state index >= 15 is 0 Å². The molecular formula is C20H23N5. The van der Waals surface area contributed by atoms with Crippen molar-refractivity contribution in [1.29, 1.82) is 0 Å². The first-order chi connectivity index (χ1) is 12.3. The molecule has 0 radical (unpaired) electrons. The Balaban J connectivity index is 1.54. The van der Waals surface area contributed by atoms with Crippen molar-refractivity contribution in [2.45, 2.75) is 32.2 Å². The Labute approximate surface area is 148 Å². The monoisotopic (exact) mass is 333 g/mol. The summed E-state index contributed by atoms with van der Waals surface area (Å²) in [4.78, 5) is 15.5. The van der Waals surface area contributed by atoms with E-state index in [1.165, 1.54) is 35.5 Å². The summed E-state index contributed by atoms with van der Waals surface area (Å²) < 4.78 is 2.28. The highest BCUT2D eigenvalue weighted by Crippen LogP contribution is 2.30. The third kappa shape index (κ3) is 3.40. The zero-order valence-electron chi connectivity index (χ0n) is 14.5. The zero-order chi connectivity index (χ0) is 17.1. The highest BCUT2D eigenvalue weighted by atomic mass is 15.2. The molecule has 1 atom stereocenters. The largest absolute Gasteiger partial charge is 0.370 e. The van der Waals surface area contributed by atoms with Gasteiger partial charge in [0.25, 0.3) is 0 Å². The highest BCUT2D eigenvalue weighted by Gasteiger charge is 2.25. The lowest BCUT2D eigenvalue weighted by atomic mass is 9.96. The van der Waals surface area contributed by atoms with Crippen molar-refractivity contribution in [2.75, 3.05) is 18.0 Å². The van der Waals surface area contributed by atoms with Crippen molar-refractivity contribution in [3.8, 4) is 0 Å². The van der Waals surface area contributed by atoms with Crippen LogP contribution in [0, 0.1) is 6.92 Å². The minimum absolute atomic E-state index is 0.457. The van der Waals surface area contributed by atoms with Crippen molar-refractivity contribution < 1.29 is 0 Å². The van der Waals surface area contributed by atoms with Gasteiger partial charge >= 0.3 is 0 Å². The van der Waals surface area contributed by atoms with Crippen molar-refractivity contribution in [3.05, 3.63) is 72.3 Å². The molecule has 0 spiro atoms. The highest BCUT2D eigenvalue weighted by molar-refractivity contribution is 5.52. The molecule has 1 aliphatic rings. The summed E-state index contributed by atoms with van der Waals surface area (Å²) in [7, 11) is 0. The lowest BCUT2D eigenvalue weighted by Crippen LogP contribution is -2.35. The first kappa shape index (κ1) is 15.8. The van der Waals surface area contributed by atoms with Crippen LogP contribution in [0.3, 0.4) is 0 Å². The van der Waals surface area contributed by atoms with E-state index in [9.17, 15) is 0 Å². The van der Waals surface area contributed by atoms with Crippen molar-refractivity contribution in [1.82, 2.24) is 19.5 Å². The van der Waals surface area contributed by atoms with Gasteiger partial charge in [-0.25, -0.2) is 4.98 Å². The van der Waals surface area contributed by atoms with Crippen LogP contribution in [-0.2, 0) is 6.54 Å². The summed E-state index contributed by atoms with van der Waals surface area (Å²) in [5.41, 5.74) is 3.79. The Kier molecular flexibility index (Phi) is 4.46. The molecule has 0 saturated carbocycles. The molecule has 0 aliphatic carbocycles. The molecule has 1 fully saturated rings. The smallest absolute Gasteiger partial charge is 0.113 e. The number of aryl methyl sites for hydroxylation is 1. The number of anilines is 1. The molecule has 3 aromatic rings. The average molecular weight is 333 g/mol. The van der Waals surface area contributed by atoms with Crippen molar-refractivity contribution >= 4 is 5.69 Å². The number of piperidine rings is 1. The van der Waals surface area contributed by atoms with Crippen LogP contribution in [0.2, 0.25) is 0 Å². The molecule has 128 valence electrons. The second-order valence-electron chi connectivity index (χ2n) is 6.72. The molecule has 5 nitrogen and oxygen atoms in total. The van der Waals surface area contributed by atoms with Crippen LogP contribution in [-0.4, -0.2) is 32.6 Å². The average Bonchev–Trinajstić information content (AvgIpc) is 3.11. The van der Waals surface area contributed by atoms with Gasteiger partial charge in [0.15, 0.2) is 0 Å². The van der Waals surface area contributed by atoms with Crippen LogP contribution in [0.15, 0.2) is 55.4 Å². The van der Waals surface area contributed by atoms with E-state index in [1.807, 2.05) is 31.0 Å². The Morgan fingerprint density at radius 1 is 1.08 bits per heavy atom. The van der Waals surface area contributed by atoms with Gasteiger partial charge in [-0.3, -0.25) is 9.97 Å². The van der Waals surface area contributed by atoms with Crippen LogP contribution in [0.5, 0.6) is 0 Å². The summed E-state index contributed by atoms with van der Waals surface area (Å²) in [6.45, 7) is 5.10.